The van der Waals surface area contributed by atoms with Crippen molar-refractivity contribution in [1.29, 1.82) is 0 Å². The molecule has 3 aromatic rings. The fourth-order valence-corrected chi connectivity index (χ4v) is 3.49. The van der Waals surface area contributed by atoms with E-state index in [1.165, 1.54) is 0 Å². The minimum atomic E-state index is -0.0250. The summed E-state index contributed by atoms with van der Waals surface area (Å²) in [6, 6.07) is 15.0. The van der Waals surface area contributed by atoms with E-state index >= 15 is 0 Å². The van der Waals surface area contributed by atoms with Crippen LogP contribution in [0.1, 0.15) is 15.9 Å². The molecule has 0 atom stereocenters. The van der Waals surface area contributed by atoms with Crippen molar-refractivity contribution in [3.63, 3.8) is 0 Å². The van der Waals surface area contributed by atoms with Gasteiger partial charge in [-0.2, -0.15) is 0 Å². The summed E-state index contributed by atoms with van der Waals surface area (Å²) in [6.45, 7) is 0.604. The van der Waals surface area contributed by atoms with Crippen LogP contribution in [0, 0.1) is 0 Å². The lowest BCUT2D eigenvalue weighted by Gasteiger charge is -2.28. The van der Waals surface area contributed by atoms with Gasteiger partial charge in [-0.25, -0.2) is 0 Å². The summed E-state index contributed by atoms with van der Waals surface area (Å²) >= 11 is 12.1. The third kappa shape index (κ3) is 3.13. The monoisotopic (exact) mass is 368 g/mol. The highest BCUT2D eigenvalue weighted by atomic mass is 35.5. The second-order valence-electron chi connectivity index (χ2n) is 5.95. The van der Waals surface area contributed by atoms with E-state index in [1.54, 1.807) is 29.4 Å². The van der Waals surface area contributed by atoms with E-state index in [9.17, 15) is 4.79 Å². The number of amides is 1. The standard InChI is InChI=1S/C20H14Cl2N2O/c21-16-3-1-2-13(8-16)15-10-18(12-23-11-15)24-7-6-14-9-17(22)4-5-19(14)20(24)25/h1-5,8-12H,6-7H2. The maximum atomic E-state index is 12.9. The Bertz CT molecular complexity index is 971. The molecule has 0 radical (unpaired) electrons. The Kier molecular flexibility index (Phi) is 4.20. The third-order valence-corrected chi connectivity index (χ3v) is 4.81. The van der Waals surface area contributed by atoms with Crippen LogP contribution in [-0.4, -0.2) is 17.4 Å². The third-order valence-electron chi connectivity index (χ3n) is 4.34. The van der Waals surface area contributed by atoms with Crippen LogP contribution in [0.5, 0.6) is 0 Å². The fourth-order valence-electron chi connectivity index (χ4n) is 3.10. The molecule has 0 N–H and O–H groups in total. The molecule has 2 aromatic carbocycles. The molecule has 2 heterocycles. The smallest absolute Gasteiger partial charge is 0.258 e. The highest BCUT2D eigenvalue weighted by Gasteiger charge is 2.26. The number of carbonyl (C=O) groups is 1. The number of hydrogen-bond acceptors (Lipinski definition) is 2. The van der Waals surface area contributed by atoms with Gasteiger partial charge in [-0.1, -0.05) is 35.3 Å². The van der Waals surface area contributed by atoms with Crippen molar-refractivity contribution in [2.45, 2.75) is 6.42 Å². The molecule has 0 unspecified atom stereocenters. The summed E-state index contributed by atoms with van der Waals surface area (Å²) in [5.41, 5.74) is 4.37. The van der Waals surface area contributed by atoms with E-state index in [0.29, 0.717) is 22.2 Å². The summed E-state index contributed by atoms with van der Waals surface area (Å²) in [5, 5.41) is 1.33. The van der Waals surface area contributed by atoms with Crippen LogP contribution < -0.4 is 4.90 Å². The van der Waals surface area contributed by atoms with Gasteiger partial charge in [0.1, 0.15) is 0 Å². The summed E-state index contributed by atoms with van der Waals surface area (Å²) in [4.78, 5) is 18.9. The summed E-state index contributed by atoms with van der Waals surface area (Å²) in [6.07, 6.45) is 4.26. The Morgan fingerprint density at radius 3 is 2.60 bits per heavy atom. The number of fused-ring (bicyclic) bond motifs is 1. The molecule has 0 aliphatic carbocycles. The Labute approximate surface area is 155 Å². The van der Waals surface area contributed by atoms with E-state index in [4.69, 9.17) is 23.2 Å². The molecule has 1 amide bonds. The first-order valence-electron chi connectivity index (χ1n) is 7.93. The molecule has 1 aliphatic rings. The molecule has 0 fully saturated rings. The molecule has 25 heavy (non-hydrogen) atoms. The lowest BCUT2D eigenvalue weighted by atomic mass is 9.98. The molecule has 124 valence electrons. The topological polar surface area (TPSA) is 33.2 Å². The molecule has 5 heteroatoms. The van der Waals surface area contributed by atoms with Crippen LogP contribution in [0.15, 0.2) is 60.9 Å². The van der Waals surface area contributed by atoms with Crippen molar-refractivity contribution in [2.24, 2.45) is 0 Å². The number of anilines is 1. The zero-order valence-corrected chi connectivity index (χ0v) is 14.8. The first-order chi connectivity index (χ1) is 12.1. The zero-order chi connectivity index (χ0) is 17.4. The molecular weight excluding hydrogens is 355 g/mol. The van der Waals surface area contributed by atoms with Gasteiger partial charge in [0.05, 0.1) is 11.9 Å². The van der Waals surface area contributed by atoms with Gasteiger partial charge in [0.25, 0.3) is 5.91 Å². The molecular formula is C20H14Cl2N2O. The first kappa shape index (κ1) is 16.1. The second-order valence-corrected chi connectivity index (χ2v) is 6.82. The minimum Gasteiger partial charge on any atom is -0.306 e. The molecule has 4 rings (SSSR count). The van der Waals surface area contributed by atoms with Crippen molar-refractivity contribution in [1.82, 2.24) is 4.98 Å². The van der Waals surface area contributed by atoms with Crippen molar-refractivity contribution < 1.29 is 4.79 Å². The maximum Gasteiger partial charge on any atom is 0.258 e. The van der Waals surface area contributed by atoms with Gasteiger partial charge >= 0.3 is 0 Å². The van der Waals surface area contributed by atoms with E-state index in [2.05, 4.69) is 4.98 Å². The van der Waals surface area contributed by atoms with Crippen LogP contribution in [-0.2, 0) is 6.42 Å². The van der Waals surface area contributed by atoms with Crippen LogP contribution in [0.2, 0.25) is 10.0 Å². The Hall–Kier alpha value is -2.36. The lowest BCUT2D eigenvalue weighted by molar-refractivity contribution is 0.0980. The summed E-state index contributed by atoms with van der Waals surface area (Å²) < 4.78 is 0. The zero-order valence-electron chi connectivity index (χ0n) is 13.2. The normalized spacial score (nSPS) is 13.7. The lowest BCUT2D eigenvalue weighted by Crippen LogP contribution is -2.37. The molecule has 0 bridgehead atoms. The van der Waals surface area contributed by atoms with Gasteiger partial charge < -0.3 is 4.90 Å². The van der Waals surface area contributed by atoms with Gasteiger partial charge in [-0.15, -0.1) is 0 Å². The molecule has 0 spiro atoms. The Balaban J connectivity index is 1.70. The molecule has 3 nitrogen and oxygen atoms in total. The maximum absolute atomic E-state index is 12.9. The van der Waals surface area contributed by atoms with Crippen LogP contribution >= 0.6 is 23.2 Å². The van der Waals surface area contributed by atoms with Gasteiger partial charge in [-0.05, 0) is 53.9 Å². The van der Waals surface area contributed by atoms with Crippen molar-refractivity contribution >= 4 is 34.8 Å². The van der Waals surface area contributed by atoms with E-state index in [1.807, 2.05) is 36.4 Å². The van der Waals surface area contributed by atoms with Gasteiger partial charge in [0, 0.05) is 33.9 Å². The predicted octanol–water partition coefficient (Wildman–Crippen LogP) is 5.26. The number of rotatable bonds is 2. The second kappa shape index (κ2) is 6.51. The van der Waals surface area contributed by atoms with Gasteiger partial charge in [-0.3, -0.25) is 9.78 Å². The van der Waals surface area contributed by atoms with Crippen LogP contribution in [0.25, 0.3) is 11.1 Å². The Morgan fingerprint density at radius 1 is 0.920 bits per heavy atom. The molecule has 0 saturated heterocycles. The first-order valence-corrected chi connectivity index (χ1v) is 8.69. The van der Waals surface area contributed by atoms with E-state index in [0.717, 1.165) is 28.8 Å². The SMILES string of the molecule is O=C1c2ccc(Cl)cc2CCN1c1cncc(-c2cccc(Cl)c2)c1. The number of carbonyl (C=O) groups excluding carboxylic acids is 1. The number of nitrogens with zero attached hydrogens (tertiary/aromatic N) is 2. The predicted molar refractivity (Wildman–Crippen MR) is 102 cm³/mol. The average Bonchev–Trinajstić information content (AvgIpc) is 2.62. The van der Waals surface area contributed by atoms with Crippen molar-refractivity contribution in [2.75, 3.05) is 11.4 Å². The summed E-state index contributed by atoms with van der Waals surface area (Å²) in [5.74, 6) is -0.0250. The van der Waals surface area contributed by atoms with Gasteiger partial charge in [0.2, 0.25) is 0 Å². The largest absolute Gasteiger partial charge is 0.306 e. The minimum absolute atomic E-state index is 0.0250. The Morgan fingerprint density at radius 2 is 1.76 bits per heavy atom. The molecule has 1 aromatic heterocycles. The number of benzene rings is 2. The van der Waals surface area contributed by atoms with Crippen LogP contribution in [0.4, 0.5) is 5.69 Å². The number of halogens is 2. The number of aromatic nitrogens is 1. The fraction of sp³-hybridized carbons (Fsp3) is 0.100. The van der Waals surface area contributed by atoms with E-state index in [-0.39, 0.29) is 5.91 Å². The van der Waals surface area contributed by atoms with Crippen molar-refractivity contribution in [3.8, 4) is 11.1 Å². The van der Waals surface area contributed by atoms with E-state index < -0.39 is 0 Å². The average molecular weight is 369 g/mol. The highest BCUT2D eigenvalue weighted by Crippen LogP contribution is 2.29. The number of hydrogen-bond donors (Lipinski definition) is 0. The quantitative estimate of drug-likeness (QED) is 0.618. The molecule has 1 aliphatic heterocycles. The van der Waals surface area contributed by atoms with Gasteiger partial charge in [0.15, 0.2) is 0 Å². The van der Waals surface area contributed by atoms with Crippen molar-refractivity contribution in [3.05, 3.63) is 82.1 Å². The number of pyridine rings is 1. The molecule has 0 saturated carbocycles. The van der Waals surface area contributed by atoms with Crippen LogP contribution in [0.3, 0.4) is 0 Å². The summed E-state index contributed by atoms with van der Waals surface area (Å²) in [7, 11) is 0. The highest BCUT2D eigenvalue weighted by molar-refractivity contribution is 6.31.